The van der Waals surface area contributed by atoms with Crippen LogP contribution in [0, 0.1) is 5.92 Å². The lowest BCUT2D eigenvalue weighted by Crippen LogP contribution is -2.33. The Morgan fingerprint density at radius 1 is 1.11 bits per heavy atom. The zero-order valence-electron chi connectivity index (χ0n) is 15.9. The molecule has 1 heterocycles. The molecular formula is C21H25BrCl2N2O2. The van der Waals surface area contributed by atoms with Crippen molar-refractivity contribution in [1.29, 1.82) is 0 Å². The van der Waals surface area contributed by atoms with Gasteiger partial charge in [0.05, 0.1) is 21.6 Å². The Morgan fingerprint density at radius 2 is 1.89 bits per heavy atom. The fourth-order valence-electron chi connectivity index (χ4n) is 3.31. The van der Waals surface area contributed by atoms with Crippen LogP contribution in [-0.4, -0.2) is 26.7 Å². The van der Waals surface area contributed by atoms with Crippen LogP contribution in [0.3, 0.4) is 0 Å². The third-order valence-electron chi connectivity index (χ3n) is 4.88. The van der Waals surface area contributed by atoms with E-state index in [0.29, 0.717) is 28.2 Å². The van der Waals surface area contributed by atoms with Gasteiger partial charge in [-0.25, -0.2) is 0 Å². The van der Waals surface area contributed by atoms with Crippen molar-refractivity contribution in [3.8, 4) is 11.5 Å². The quantitative estimate of drug-likeness (QED) is 0.520. The summed E-state index contributed by atoms with van der Waals surface area (Å²) in [5.41, 5.74) is 2.09. The largest absolute Gasteiger partial charge is 0.493 e. The lowest BCUT2D eigenvalue weighted by molar-refractivity contribution is 0.282. The molecule has 3 rings (SSSR count). The molecule has 2 aromatic carbocycles. The number of rotatable bonds is 8. The highest BCUT2D eigenvalue weighted by atomic mass is 79.9. The van der Waals surface area contributed by atoms with Gasteiger partial charge in [0.1, 0.15) is 6.61 Å². The van der Waals surface area contributed by atoms with E-state index in [0.717, 1.165) is 47.7 Å². The zero-order chi connectivity index (χ0) is 19.9. The molecule has 0 amide bonds. The van der Waals surface area contributed by atoms with E-state index in [2.05, 4.69) is 32.6 Å². The molecule has 1 fully saturated rings. The molecule has 0 saturated carbocycles. The van der Waals surface area contributed by atoms with E-state index in [1.54, 1.807) is 13.2 Å². The Labute approximate surface area is 185 Å². The molecule has 2 aromatic rings. The first-order valence-corrected chi connectivity index (χ1v) is 11.0. The molecule has 0 spiro atoms. The highest BCUT2D eigenvalue weighted by molar-refractivity contribution is 9.10. The van der Waals surface area contributed by atoms with Crippen LogP contribution in [-0.2, 0) is 13.2 Å². The van der Waals surface area contributed by atoms with Crippen LogP contribution in [0.15, 0.2) is 34.8 Å². The summed E-state index contributed by atoms with van der Waals surface area (Å²) in [5.74, 6) is 2.13. The molecule has 4 nitrogen and oxygen atoms in total. The van der Waals surface area contributed by atoms with Crippen molar-refractivity contribution >= 4 is 39.1 Å². The highest BCUT2D eigenvalue weighted by Gasteiger charge is 2.14. The fraction of sp³-hybridized carbons (Fsp3) is 0.429. The molecular weight excluding hydrogens is 463 g/mol. The average molecular weight is 488 g/mol. The number of ether oxygens (including phenoxy) is 2. The van der Waals surface area contributed by atoms with Gasteiger partial charge < -0.3 is 20.1 Å². The van der Waals surface area contributed by atoms with Crippen molar-refractivity contribution in [2.45, 2.75) is 26.0 Å². The van der Waals surface area contributed by atoms with Gasteiger partial charge in [-0.2, -0.15) is 0 Å². The number of halogens is 3. The van der Waals surface area contributed by atoms with Crippen LogP contribution in [0.2, 0.25) is 10.0 Å². The van der Waals surface area contributed by atoms with Crippen LogP contribution < -0.4 is 20.1 Å². The van der Waals surface area contributed by atoms with Crippen molar-refractivity contribution in [2.24, 2.45) is 5.92 Å². The summed E-state index contributed by atoms with van der Waals surface area (Å²) in [6.45, 7) is 4.45. The minimum Gasteiger partial charge on any atom is -0.493 e. The maximum Gasteiger partial charge on any atom is 0.175 e. The maximum absolute atomic E-state index is 6.08. The molecule has 1 aliphatic rings. The minimum absolute atomic E-state index is 0.374. The van der Waals surface area contributed by atoms with E-state index >= 15 is 0 Å². The van der Waals surface area contributed by atoms with E-state index in [4.69, 9.17) is 32.7 Å². The van der Waals surface area contributed by atoms with Crippen LogP contribution in [0.4, 0.5) is 0 Å². The summed E-state index contributed by atoms with van der Waals surface area (Å²) in [5, 5.41) is 8.02. The summed E-state index contributed by atoms with van der Waals surface area (Å²) >= 11 is 15.7. The molecule has 0 aromatic heterocycles. The summed E-state index contributed by atoms with van der Waals surface area (Å²) in [7, 11) is 1.65. The first kappa shape index (κ1) is 21.7. The van der Waals surface area contributed by atoms with Gasteiger partial charge in [-0.1, -0.05) is 29.3 Å². The van der Waals surface area contributed by atoms with Gasteiger partial charge in [0.25, 0.3) is 0 Å². The Kier molecular flexibility index (Phi) is 8.30. The van der Waals surface area contributed by atoms with Crippen LogP contribution in [0.1, 0.15) is 24.0 Å². The molecule has 0 radical (unpaired) electrons. The molecule has 28 heavy (non-hydrogen) atoms. The van der Waals surface area contributed by atoms with Gasteiger partial charge >= 0.3 is 0 Å². The van der Waals surface area contributed by atoms with Crippen molar-refractivity contribution < 1.29 is 9.47 Å². The van der Waals surface area contributed by atoms with Crippen molar-refractivity contribution in [3.63, 3.8) is 0 Å². The van der Waals surface area contributed by atoms with E-state index in [1.165, 1.54) is 12.8 Å². The summed E-state index contributed by atoms with van der Waals surface area (Å²) < 4.78 is 12.4. The molecule has 2 N–H and O–H groups in total. The molecule has 152 valence electrons. The summed E-state index contributed by atoms with van der Waals surface area (Å²) in [6, 6.07) is 9.56. The molecule has 0 atom stereocenters. The molecule has 1 saturated heterocycles. The lowest BCUT2D eigenvalue weighted by Gasteiger charge is -2.23. The Hall–Kier alpha value is -0.980. The zero-order valence-corrected chi connectivity index (χ0v) is 19.0. The molecule has 0 aliphatic carbocycles. The molecule has 1 aliphatic heterocycles. The Morgan fingerprint density at radius 3 is 2.61 bits per heavy atom. The van der Waals surface area contributed by atoms with Crippen LogP contribution in [0.25, 0.3) is 0 Å². The topological polar surface area (TPSA) is 42.5 Å². The first-order chi connectivity index (χ1) is 13.6. The molecule has 7 heteroatoms. The highest BCUT2D eigenvalue weighted by Crippen LogP contribution is 2.37. The normalized spacial score (nSPS) is 14.9. The lowest BCUT2D eigenvalue weighted by atomic mass is 9.98. The summed E-state index contributed by atoms with van der Waals surface area (Å²) in [6.07, 6.45) is 2.48. The van der Waals surface area contributed by atoms with Crippen LogP contribution in [0.5, 0.6) is 11.5 Å². The Balaban J connectivity index is 1.61. The van der Waals surface area contributed by atoms with E-state index in [9.17, 15) is 0 Å². The first-order valence-electron chi connectivity index (χ1n) is 9.41. The third kappa shape index (κ3) is 6.01. The fourth-order valence-corrected chi connectivity index (χ4v) is 4.23. The van der Waals surface area contributed by atoms with E-state index in [1.807, 2.05) is 18.2 Å². The second-order valence-corrected chi connectivity index (χ2v) is 8.64. The van der Waals surface area contributed by atoms with Crippen molar-refractivity contribution in [2.75, 3.05) is 26.7 Å². The smallest absolute Gasteiger partial charge is 0.175 e. The van der Waals surface area contributed by atoms with E-state index in [-0.39, 0.29) is 0 Å². The van der Waals surface area contributed by atoms with Gasteiger partial charge in [0.15, 0.2) is 11.5 Å². The average Bonchev–Trinajstić information content (AvgIpc) is 2.70. The standard InChI is InChI=1S/C21H25BrCl2N2O2/c1-27-20-10-16(12-26-11-14-4-6-25-7-5-14)8-17(22)21(20)28-13-15-2-3-18(23)19(24)9-15/h2-3,8-10,14,25-26H,4-7,11-13H2,1H3. The number of methoxy groups -OCH3 is 1. The second-order valence-electron chi connectivity index (χ2n) is 6.97. The number of benzene rings is 2. The summed E-state index contributed by atoms with van der Waals surface area (Å²) in [4.78, 5) is 0. The molecule has 0 bridgehead atoms. The van der Waals surface area contributed by atoms with Gasteiger partial charge in [-0.3, -0.25) is 0 Å². The van der Waals surface area contributed by atoms with Gasteiger partial charge in [0.2, 0.25) is 0 Å². The van der Waals surface area contributed by atoms with Gasteiger partial charge in [-0.15, -0.1) is 0 Å². The van der Waals surface area contributed by atoms with Crippen molar-refractivity contribution in [3.05, 3.63) is 56.0 Å². The minimum atomic E-state index is 0.374. The number of piperidine rings is 1. The van der Waals surface area contributed by atoms with Crippen LogP contribution >= 0.6 is 39.1 Å². The van der Waals surface area contributed by atoms with E-state index < -0.39 is 0 Å². The monoisotopic (exact) mass is 486 g/mol. The van der Waals surface area contributed by atoms with Crippen molar-refractivity contribution in [1.82, 2.24) is 10.6 Å². The second kappa shape index (κ2) is 10.7. The predicted molar refractivity (Wildman–Crippen MR) is 119 cm³/mol. The Bertz CT molecular complexity index is 798. The van der Waals surface area contributed by atoms with Gasteiger partial charge in [-0.05, 0) is 89.7 Å². The number of hydrogen-bond donors (Lipinski definition) is 2. The number of nitrogens with one attached hydrogen (secondary N) is 2. The van der Waals surface area contributed by atoms with Gasteiger partial charge in [0, 0.05) is 6.54 Å². The third-order valence-corrected chi connectivity index (χ3v) is 6.21. The maximum atomic E-state index is 6.08. The predicted octanol–water partition coefficient (Wildman–Crippen LogP) is 5.43. The molecule has 0 unspecified atom stereocenters. The number of hydrogen-bond acceptors (Lipinski definition) is 4. The SMILES string of the molecule is COc1cc(CNCC2CCNCC2)cc(Br)c1OCc1ccc(Cl)c(Cl)c1.